The molecule has 0 amide bonds. The van der Waals surface area contributed by atoms with Crippen LogP contribution in [-0.4, -0.2) is 24.9 Å². The Morgan fingerprint density at radius 1 is 1.42 bits per heavy atom. The van der Waals surface area contributed by atoms with Crippen LogP contribution in [0.4, 0.5) is 8.78 Å². The van der Waals surface area contributed by atoms with Gasteiger partial charge in [0.1, 0.15) is 0 Å². The van der Waals surface area contributed by atoms with Crippen LogP contribution in [0, 0.1) is 5.92 Å². The predicted octanol–water partition coefficient (Wildman–Crippen LogP) is 2.50. The summed E-state index contributed by atoms with van der Waals surface area (Å²) in [7, 11) is 0. The molecular weight excluding hydrogens is 184 g/mol. The van der Waals surface area contributed by atoms with E-state index in [1.54, 1.807) is 0 Å². The highest BCUT2D eigenvalue weighted by atomic mass is 35.5. The Bertz CT molecular complexity index is 118. The third-order valence-corrected chi connectivity index (χ3v) is 1.87. The highest BCUT2D eigenvalue weighted by Crippen LogP contribution is 2.13. The molecule has 0 heterocycles. The van der Waals surface area contributed by atoms with Crippen LogP contribution in [0.1, 0.15) is 20.3 Å². The van der Waals surface area contributed by atoms with Crippen molar-refractivity contribution in [3.05, 3.63) is 0 Å². The maximum absolute atomic E-state index is 12.5. The normalized spacial score (nSPS) is 12.5. The van der Waals surface area contributed by atoms with Gasteiger partial charge in [0.25, 0.3) is 5.92 Å². The van der Waals surface area contributed by atoms with Gasteiger partial charge in [-0.05, 0) is 18.9 Å². The molecule has 0 aromatic rings. The zero-order valence-corrected chi connectivity index (χ0v) is 8.30. The fraction of sp³-hybridized carbons (Fsp3) is 1.00. The molecule has 0 aliphatic heterocycles. The van der Waals surface area contributed by atoms with E-state index in [-0.39, 0.29) is 6.54 Å². The Hall–Kier alpha value is 0.110. The van der Waals surface area contributed by atoms with Gasteiger partial charge in [-0.3, -0.25) is 0 Å². The van der Waals surface area contributed by atoms with Gasteiger partial charge in [0.15, 0.2) is 0 Å². The van der Waals surface area contributed by atoms with E-state index >= 15 is 0 Å². The van der Waals surface area contributed by atoms with Crippen LogP contribution in [0.5, 0.6) is 0 Å². The zero-order chi connectivity index (χ0) is 9.61. The summed E-state index contributed by atoms with van der Waals surface area (Å²) >= 11 is 5.04. The maximum atomic E-state index is 12.5. The molecule has 0 rings (SSSR count). The molecule has 74 valence electrons. The third-order valence-electron chi connectivity index (χ3n) is 1.48. The Balaban J connectivity index is 3.31. The van der Waals surface area contributed by atoms with E-state index in [1.165, 1.54) is 0 Å². The van der Waals surface area contributed by atoms with Crippen LogP contribution in [-0.2, 0) is 0 Å². The van der Waals surface area contributed by atoms with E-state index in [9.17, 15) is 8.78 Å². The minimum atomic E-state index is -2.77. The molecular formula is C8H16ClF2N. The molecule has 0 unspecified atom stereocenters. The first-order valence-corrected chi connectivity index (χ1v) is 4.66. The first kappa shape index (κ1) is 12.1. The summed E-state index contributed by atoms with van der Waals surface area (Å²) in [5, 5.41) is 2.67. The summed E-state index contributed by atoms with van der Waals surface area (Å²) in [6, 6.07) is 0. The lowest BCUT2D eigenvalue weighted by atomic mass is 10.1. The van der Waals surface area contributed by atoms with Crippen LogP contribution in [0.25, 0.3) is 0 Å². The summed E-state index contributed by atoms with van der Waals surface area (Å²) in [6.45, 7) is 4.43. The average Bonchev–Trinajstić information content (AvgIpc) is 1.98. The molecule has 0 fully saturated rings. The van der Waals surface area contributed by atoms with E-state index in [0.717, 1.165) is 6.42 Å². The molecule has 4 heteroatoms. The quantitative estimate of drug-likeness (QED) is 0.512. The van der Waals surface area contributed by atoms with Crippen molar-refractivity contribution in [3.8, 4) is 0 Å². The molecule has 1 N–H and O–H groups in total. The first-order chi connectivity index (χ1) is 5.48. The molecule has 0 aliphatic carbocycles. The van der Waals surface area contributed by atoms with E-state index in [1.807, 2.05) is 0 Å². The molecule has 0 saturated carbocycles. The molecule has 0 aromatic carbocycles. The topological polar surface area (TPSA) is 12.0 Å². The molecule has 0 saturated heterocycles. The van der Waals surface area contributed by atoms with Gasteiger partial charge in [0, 0.05) is 0 Å². The lowest BCUT2D eigenvalue weighted by molar-refractivity contribution is 0.0265. The minimum Gasteiger partial charge on any atom is -0.311 e. The van der Waals surface area contributed by atoms with Gasteiger partial charge < -0.3 is 5.32 Å². The molecule has 0 atom stereocenters. The number of rotatable bonds is 6. The van der Waals surface area contributed by atoms with E-state index in [4.69, 9.17) is 11.6 Å². The summed E-state index contributed by atoms with van der Waals surface area (Å²) in [4.78, 5) is 0. The molecule has 0 aliphatic rings. The number of halogens is 3. The molecule has 12 heavy (non-hydrogen) atoms. The van der Waals surface area contributed by atoms with Crippen molar-refractivity contribution < 1.29 is 8.78 Å². The molecule has 1 nitrogen and oxygen atoms in total. The second-order valence-electron chi connectivity index (χ2n) is 3.35. The van der Waals surface area contributed by atoms with Gasteiger partial charge in [-0.2, -0.15) is 0 Å². The Morgan fingerprint density at radius 2 is 2.00 bits per heavy atom. The first-order valence-electron chi connectivity index (χ1n) is 4.12. The van der Waals surface area contributed by atoms with Crippen molar-refractivity contribution >= 4 is 11.6 Å². The summed E-state index contributed by atoms with van der Waals surface area (Å²) in [5.41, 5.74) is 0. The second kappa shape index (κ2) is 5.70. The predicted molar refractivity (Wildman–Crippen MR) is 48.0 cm³/mol. The summed E-state index contributed by atoms with van der Waals surface area (Å²) in [5.74, 6) is -2.83. The van der Waals surface area contributed by atoms with Gasteiger partial charge in [0.05, 0.1) is 12.4 Å². The van der Waals surface area contributed by atoms with Gasteiger partial charge >= 0.3 is 0 Å². The highest BCUT2D eigenvalue weighted by Gasteiger charge is 2.26. The Kier molecular flexibility index (Phi) is 5.76. The lowest BCUT2D eigenvalue weighted by Crippen LogP contribution is -2.34. The van der Waals surface area contributed by atoms with Crippen molar-refractivity contribution in [2.75, 3.05) is 19.0 Å². The van der Waals surface area contributed by atoms with E-state index in [0.29, 0.717) is 12.5 Å². The van der Waals surface area contributed by atoms with Gasteiger partial charge in [-0.15, -0.1) is 11.6 Å². The number of nitrogens with one attached hydrogen (secondary N) is 1. The number of hydrogen-bond acceptors (Lipinski definition) is 1. The average molecular weight is 200 g/mol. The maximum Gasteiger partial charge on any atom is 0.273 e. The monoisotopic (exact) mass is 199 g/mol. The molecule has 0 aromatic heterocycles. The van der Waals surface area contributed by atoms with Gasteiger partial charge in [-0.25, -0.2) is 8.78 Å². The van der Waals surface area contributed by atoms with Crippen LogP contribution in [0.3, 0.4) is 0 Å². The van der Waals surface area contributed by atoms with Crippen LogP contribution < -0.4 is 5.32 Å². The van der Waals surface area contributed by atoms with Crippen molar-refractivity contribution in [2.24, 2.45) is 5.92 Å². The Labute approximate surface area is 77.5 Å². The molecule has 0 spiro atoms. The van der Waals surface area contributed by atoms with Crippen molar-refractivity contribution in [3.63, 3.8) is 0 Å². The smallest absolute Gasteiger partial charge is 0.273 e. The molecule has 0 radical (unpaired) electrons. The SMILES string of the molecule is CC(C)CCNCC(F)(F)CCl. The van der Waals surface area contributed by atoms with Gasteiger partial charge in [-0.1, -0.05) is 13.8 Å². The van der Waals surface area contributed by atoms with Crippen LogP contribution >= 0.6 is 11.6 Å². The Morgan fingerprint density at radius 3 is 2.42 bits per heavy atom. The summed E-state index contributed by atoms with van der Waals surface area (Å²) < 4.78 is 25.0. The second-order valence-corrected chi connectivity index (χ2v) is 3.62. The fourth-order valence-corrected chi connectivity index (χ4v) is 0.804. The number of alkyl halides is 3. The largest absolute Gasteiger partial charge is 0.311 e. The zero-order valence-electron chi connectivity index (χ0n) is 7.54. The summed E-state index contributed by atoms with van der Waals surface area (Å²) in [6.07, 6.45) is 0.915. The van der Waals surface area contributed by atoms with Gasteiger partial charge in [0.2, 0.25) is 0 Å². The van der Waals surface area contributed by atoms with Crippen LogP contribution in [0.2, 0.25) is 0 Å². The minimum absolute atomic E-state index is 0.316. The van der Waals surface area contributed by atoms with E-state index in [2.05, 4.69) is 19.2 Å². The van der Waals surface area contributed by atoms with Crippen molar-refractivity contribution in [1.82, 2.24) is 5.32 Å². The lowest BCUT2D eigenvalue weighted by Gasteiger charge is -2.14. The van der Waals surface area contributed by atoms with Crippen LogP contribution in [0.15, 0.2) is 0 Å². The van der Waals surface area contributed by atoms with E-state index < -0.39 is 11.8 Å². The van der Waals surface area contributed by atoms with Crippen molar-refractivity contribution in [2.45, 2.75) is 26.2 Å². The third kappa shape index (κ3) is 6.80. The standard InChI is InChI=1S/C8H16ClF2N/c1-7(2)3-4-12-6-8(10,11)5-9/h7,12H,3-6H2,1-2H3. The molecule has 0 bridgehead atoms. The highest BCUT2D eigenvalue weighted by molar-refractivity contribution is 6.18. The number of hydrogen-bond donors (Lipinski definition) is 1. The fourth-order valence-electron chi connectivity index (χ4n) is 0.709. The van der Waals surface area contributed by atoms with Crippen molar-refractivity contribution in [1.29, 1.82) is 0 Å².